The van der Waals surface area contributed by atoms with E-state index in [9.17, 15) is 9.59 Å². The lowest BCUT2D eigenvalue weighted by molar-refractivity contribution is -0.126. The number of rotatable bonds is 4. The molecule has 1 atom stereocenters. The van der Waals surface area contributed by atoms with Crippen LogP contribution in [0.1, 0.15) is 43.4 Å². The summed E-state index contributed by atoms with van der Waals surface area (Å²) in [6.07, 6.45) is 4.36. The highest BCUT2D eigenvalue weighted by atomic mass is 35.5. The van der Waals surface area contributed by atoms with Crippen LogP contribution in [0.5, 0.6) is 5.75 Å². The van der Waals surface area contributed by atoms with Crippen LogP contribution in [0.4, 0.5) is 10.2 Å². The molecule has 2 aliphatic heterocycles. The van der Waals surface area contributed by atoms with Crippen LogP contribution in [-0.2, 0) is 11.4 Å². The molecule has 4 aromatic rings. The van der Waals surface area contributed by atoms with E-state index in [-0.39, 0.29) is 41.1 Å². The molecule has 4 heterocycles. The molecule has 0 unspecified atom stereocenters. The minimum absolute atomic E-state index is 0.0109. The number of carbonyl (C=O) groups excluding carboxylic acids is 1. The summed E-state index contributed by atoms with van der Waals surface area (Å²) in [6, 6.07) is 5.09. The number of benzene rings is 2. The van der Waals surface area contributed by atoms with E-state index in [1.807, 2.05) is 31.7 Å². The van der Waals surface area contributed by atoms with Gasteiger partial charge in [-0.05, 0) is 37.5 Å². The monoisotopic (exact) mass is 588 g/mol. The average Bonchev–Trinajstić information content (AvgIpc) is 2.98. The minimum atomic E-state index is -0.571. The number of anilines is 1. The molecule has 1 fully saturated rings. The second-order valence-corrected chi connectivity index (χ2v) is 11.4. The molecule has 2 aromatic carbocycles. The Morgan fingerprint density at radius 3 is 2.74 bits per heavy atom. The zero-order valence-electron chi connectivity index (χ0n) is 23.8. The maximum absolute atomic E-state index is 15.7. The molecule has 42 heavy (non-hydrogen) atoms. The Kier molecular flexibility index (Phi) is 6.97. The third-order valence-corrected chi connectivity index (χ3v) is 8.34. The Bertz CT molecular complexity index is 1840. The van der Waals surface area contributed by atoms with Crippen LogP contribution in [0.3, 0.4) is 0 Å². The van der Waals surface area contributed by atoms with Crippen molar-refractivity contribution >= 4 is 34.2 Å². The maximum Gasteiger partial charge on any atom is 0.355 e. The molecule has 0 aliphatic carbocycles. The highest BCUT2D eigenvalue weighted by molar-refractivity contribution is 6.35. The number of ether oxygens (including phenoxy) is 1. The number of hydrogen-bond donors (Lipinski definition) is 0. The zero-order valence-corrected chi connectivity index (χ0v) is 24.6. The number of amides is 1. The zero-order chi connectivity index (χ0) is 29.9. The van der Waals surface area contributed by atoms with Gasteiger partial charge in [0.05, 0.1) is 5.02 Å². The Labute approximate surface area is 247 Å². The van der Waals surface area contributed by atoms with Crippen molar-refractivity contribution in [2.24, 2.45) is 0 Å². The van der Waals surface area contributed by atoms with Gasteiger partial charge in [-0.25, -0.2) is 23.7 Å². The molecule has 9 nitrogen and oxygen atoms in total. The van der Waals surface area contributed by atoms with Crippen LogP contribution in [0, 0.1) is 12.7 Å². The number of nitrogens with zero attached hydrogens (tertiary/aromatic N) is 6. The smallest absolute Gasteiger partial charge is 0.355 e. The van der Waals surface area contributed by atoms with Gasteiger partial charge < -0.3 is 14.5 Å². The van der Waals surface area contributed by atoms with Gasteiger partial charge in [0.15, 0.2) is 5.75 Å². The molecule has 0 spiro atoms. The van der Waals surface area contributed by atoms with E-state index in [2.05, 4.69) is 21.5 Å². The Hall–Kier alpha value is -4.31. The molecule has 11 heteroatoms. The van der Waals surface area contributed by atoms with Gasteiger partial charge >= 0.3 is 5.69 Å². The summed E-state index contributed by atoms with van der Waals surface area (Å²) < 4.78 is 23.5. The lowest BCUT2D eigenvalue weighted by atomic mass is 9.93. The van der Waals surface area contributed by atoms with Gasteiger partial charge in [0.1, 0.15) is 35.9 Å². The summed E-state index contributed by atoms with van der Waals surface area (Å²) in [6.45, 7) is 12.6. The fourth-order valence-electron chi connectivity index (χ4n) is 5.88. The molecule has 2 aromatic heterocycles. The summed E-state index contributed by atoms with van der Waals surface area (Å²) in [4.78, 5) is 43.3. The lowest BCUT2D eigenvalue weighted by Crippen LogP contribution is -2.54. The minimum Gasteiger partial charge on any atom is -0.486 e. The number of piperazine rings is 1. The number of hydrogen-bond acceptors (Lipinski definition) is 7. The Balaban J connectivity index is 1.69. The highest BCUT2D eigenvalue weighted by Gasteiger charge is 2.34. The first-order valence-corrected chi connectivity index (χ1v) is 14.2. The molecule has 0 saturated carbocycles. The SMILES string of the molecule is C=CC(=O)N1CCN(c2nc(=O)n(-c3ncncc3C(C)C)c3c4c(c(Cl)cc23)-c2c(ccc(C)c2F)CO4)[C@@H](C)C1. The van der Waals surface area contributed by atoms with E-state index in [1.165, 1.54) is 17.0 Å². The fourth-order valence-corrected chi connectivity index (χ4v) is 6.17. The first-order valence-electron chi connectivity index (χ1n) is 13.8. The molecule has 0 radical (unpaired) electrons. The average molecular weight is 589 g/mol. The molecule has 2 aliphatic rings. The molecule has 216 valence electrons. The topological polar surface area (TPSA) is 93.5 Å². The third-order valence-electron chi connectivity index (χ3n) is 8.05. The number of aromatic nitrogens is 4. The van der Waals surface area contributed by atoms with E-state index in [1.54, 1.807) is 30.2 Å². The molecular weight excluding hydrogens is 559 g/mol. The number of aryl methyl sites for hydroxylation is 1. The van der Waals surface area contributed by atoms with Crippen molar-refractivity contribution in [2.45, 2.75) is 46.3 Å². The van der Waals surface area contributed by atoms with Crippen LogP contribution in [0.2, 0.25) is 5.02 Å². The van der Waals surface area contributed by atoms with E-state index >= 15 is 4.39 Å². The van der Waals surface area contributed by atoms with Crippen molar-refractivity contribution in [2.75, 3.05) is 24.5 Å². The van der Waals surface area contributed by atoms with E-state index < -0.39 is 5.69 Å². The van der Waals surface area contributed by atoms with Crippen molar-refractivity contribution in [3.8, 4) is 22.7 Å². The van der Waals surface area contributed by atoms with Gasteiger partial charge in [-0.1, -0.05) is 44.2 Å². The largest absolute Gasteiger partial charge is 0.486 e. The van der Waals surface area contributed by atoms with E-state index in [4.69, 9.17) is 16.3 Å². The molecule has 0 N–H and O–H groups in total. The van der Waals surface area contributed by atoms with Crippen LogP contribution >= 0.6 is 11.6 Å². The van der Waals surface area contributed by atoms with Crippen molar-refractivity contribution in [3.05, 3.63) is 81.4 Å². The van der Waals surface area contributed by atoms with Crippen LogP contribution in [0.25, 0.3) is 27.8 Å². The quantitative estimate of drug-likeness (QED) is 0.303. The molecule has 0 bridgehead atoms. The van der Waals surface area contributed by atoms with Gasteiger partial charge in [0, 0.05) is 59.5 Å². The molecule has 1 saturated heterocycles. The van der Waals surface area contributed by atoms with E-state index in [0.717, 1.165) is 5.56 Å². The summed E-state index contributed by atoms with van der Waals surface area (Å²) in [7, 11) is 0. The van der Waals surface area contributed by atoms with Gasteiger partial charge in [-0.3, -0.25) is 4.79 Å². The second kappa shape index (κ2) is 10.5. The summed E-state index contributed by atoms with van der Waals surface area (Å²) >= 11 is 6.95. The second-order valence-electron chi connectivity index (χ2n) is 11.0. The first-order chi connectivity index (χ1) is 20.1. The van der Waals surface area contributed by atoms with Crippen molar-refractivity contribution < 1.29 is 13.9 Å². The summed E-state index contributed by atoms with van der Waals surface area (Å²) in [5.74, 6) is 0.518. The van der Waals surface area contributed by atoms with Crippen molar-refractivity contribution in [1.29, 1.82) is 0 Å². The fraction of sp³-hybridized carbons (Fsp3) is 0.323. The molecule has 6 rings (SSSR count). The van der Waals surface area contributed by atoms with Gasteiger partial charge in [-0.2, -0.15) is 4.98 Å². The maximum atomic E-state index is 15.7. The Morgan fingerprint density at radius 1 is 1.24 bits per heavy atom. The van der Waals surface area contributed by atoms with Gasteiger partial charge in [0.25, 0.3) is 0 Å². The van der Waals surface area contributed by atoms with Crippen molar-refractivity contribution in [1.82, 2.24) is 24.4 Å². The summed E-state index contributed by atoms with van der Waals surface area (Å²) in [5, 5.41) is 0.828. The standard InChI is InChI=1S/C31H30ClFN6O3/c1-6-23(40)37-9-10-38(18(5)13-37)30-20-11-22(32)25-24-19(8-7-17(4)26(24)33)14-42-28(25)27(20)39(31(41)36-30)29-21(16(2)3)12-34-15-35-29/h6-8,11-12,15-16,18H,1,9-10,13-14H2,2-5H3/t18-/m0/s1. The predicted molar refractivity (Wildman–Crippen MR) is 160 cm³/mol. The van der Waals surface area contributed by atoms with Crippen molar-refractivity contribution in [3.63, 3.8) is 0 Å². The van der Waals surface area contributed by atoms with Crippen LogP contribution in [0.15, 0.2) is 48.2 Å². The van der Waals surface area contributed by atoms with Crippen LogP contribution in [-0.4, -0.2) is 56.0 Å². The van der Waals surface area contributed by atoms with Gasteiger partial charge in [0.2, 0.25) is 5.91 Å². The number of halogens is 2. The third kappa shape index (κ3) is 4.32. The van der Waals surface area contributed by atoms with E-state index in [0.29, 0.717) is 64.4 Å². The number of fused-ring (bicyclic) bond motifs is 5. The van der Waals surface area contributed by atoms with Crippen LogP contribution < -0.4 is 15.3 Å². The molecule has 1 amide bonds. The normalized spacial score (nSPS) is 16.3. The number of carbonyl (C=O) groups is 1. The molecular formula is C31H30ClFN6O3. The first kappa shape index (κ1) is 27.8. The summed E-state index contributed by atoms with van der Waals surface area (Å²) in [5.41, 5.74) is 2.44. The lowest BCUT2D eigenvalue weighted by Gasteiger charge is -2.40. The highest BCUT2D eigenvalue weighted by Crippen LogP contribution is 2.49. The van der Waals surface area contributed by atoms with Gasteiger partial charge in [-0.15, -0.1) is 0 Å². The predicted octanol–water partition coefficient (Wildman–Crippen LogP) is 5.18. The Morgan fingerprint density at radius 2 is 2.02 bits per heavy atom.